The molecule has 4 amide bonds. The Kier molecular flexibility index (Phi) is 9.35. The average Bonchev–Trinajstić information content (AvgIpc) is 3.55. The van der Waals surface area contributed by atoms with Gasteiger partial charge in [0.05, 0.1) is 17.1 Å². The number of ether oxygens (including phenoxy) is 1. The average molecular weight is 573 g/mol. The van der Waals surface area contributed by atoms with E-state index in [0.29, 0.717) is 28.3 Å². The molecule has 5 N–H and O–H groups in total. The van der Waals surface area contributed by atoms with Crippen LogP contribution in [-0.2, 0) is 19.1 Å². The first kappa shape index (κ1) is 30.7. The predicted octanol–water partition coefficient (Wildman–Crippen LogP) is 4.35. The maximum atomic E-state index is 14.2. The molecule has 1 aliphatic rings. The second-order valence-corrected chi connectivity index (χ2v) is 11.6. The topological polar surface area (TPSA) is 151 Å². The maximum Gasteiger partial charge on any atom is 0.408 e. The van der Waals surface area contributed by atoms with Gasteiger partial charge in [0.2, 0.25) is 11.8 Å². The Balaban J connectivity index is 2.11. The zero-order chi connectivity index (χ0) is 29.9. The number of para-hydroxylation sites is 2. The Hall–Kier alpha value is -3.79. The highest BCUT2D eigenvalue weighted by atomic mass is 35.5. The van der Waals surface area contributed by atoms with Gasteiger partial charge in [-0.2, -0.15) is 0 Å². The normalized spacial score (nSPS) is 17.8. The van der Waals surface area contributed by atoms with Crippen molar-refractivity contribution < 1.29 is 29.0 Å². The van der Waals surface area contributed by atoms with Gasteiger partial charge in [0.25, 0.3) is 5.91 Å². The lowest BCUT2D eigenvalue weighted by Crippen LogP contribution is -2.54. The molecule has 0 aromatic heterocycles. The van der Waals surface area contributed by atoms with Gasteiger partial charge in [0.15, 0.2) is 0 Å². The number of carbonyl (C=O) groups excluding carboxylic acids is 4. The van der Waals surface area contributed by atoms with Gasteiger partial charge in [-0.15, -0.1) is 0 Å². The Morgan fingerprint density at radius 3 is 2.27 bits per heavy atom. The zero-order valence-electron chi connectivity index (χ0n) is 23.6. The van der Waals surface area contributed by atoms with E-state index < -0.39 is 54.0 Å². The van der Waals surface area contributed by atoms with Crippen molar-refractivity contribution in [2.24, 2.45) is 11.7 Å². The van der Waals surface area contributed by atoms with Crippen molar-refractivity contribution in [2.75, 3.05) is 5.32 Å². The molecule has 3 rings (SSSR count). The molecule has 0 spiro atoms. The number of rotatable bonds is 9. The summed E-state index contributed by atoms with van der Waals surface area (Å²) in [5.41, 5.74) is 6.33. The summed E-state index contributed by atoms with van der Waals surface area (Å²) in [7, 11) is 0. The van der Waals surface area contributed by atoms with Crippen LogP contribution in [0.1, 0.15) is 63.3 Å². The summed E-state index contributed by atoms with van der Waals surface area (Å²) in [6.45, 7) is 10.4. The molecular formula is C29H37ClN4O6. The van der Waals surface area contributed by atoms with Crippen LogP contribution in [0.15, 0.2) is 36.4 Å². The molecule has 2 aromatic carbocycles. The first-order valence-electron chi connectivity index (χ1n) is 13.0. The van der Waals surface area contributed by atoms with Gasteiger partial charge in [-0.05, 0) is 64.2 Å². The number of phenols is 1. The minimum Gasteiger partial charge on any atom is -0.507 e. The van der Waals surface area contributed by atoms with E-state index in [1.54, 1.807) is 71.0 Å². The third-order valence-electron chi connectivity index (χ3n) is 6.63. The maximum absolute atomic E-state index is 14.2. The van der Waals surface area contributed by atoms with Crippen LogP contribution in [0.25, 0.3) is 0 Å². The van der Waals surface area contributed by atoms with E-state index in [0.717, 1.165) is 0 Å². The molecule has 0 bridgehead atoms. The van der Waals surface area contributed by atoms with Crippen molar-refractivity contribution in [1.29, 1.82) is 0 Å². The zero-order valence-corrected chi connectivity index (χ0v) is 24.3. The number of phenolic OH excluding ortho intramolecular Hbond substituents is 1. The number of nitrogens with zero attached hydrogens (tertiary/aromatic N) is 1. The van der Waals surface area contributed by atoms with Crippen LogP contribution in [0.4, 0.5) is 10.5 Å². The minimum absolute atomic E-state index is 0.0176. The molecule has 0 aliphatic heterocycles. The molecule has 10 nitrogen and oxygen atoms in total. The number of aryl methyl sites for hydroxylation is 2. The Bertz CT molecular complexity index is 1290. The van der Waals surface area contributed by atoms with Crippen LogP contribution in [0.2, 0.25) is 5.02 Å². The van der Waals surface area contributed by atoms with E-state index in [1.807, 2.05) is 6.92 Å². The number of alkyl carbamates (subject to hydrolysis) is 1. The van der Waals surface area contributed by atoms with E-state index in [1.165, 1.54) is 4.90 Å². The Labute approximate surface area is 239 Å². The molecule has 4 unspecified atom stereocenters. The molecule has 0 saturated heterocycles. The number of hydrogen-bond donors (Lipinski definition) is 4. The van der Waals surface area contributed by atoms with E-state index in [9.17, 15) is 24.3 Å². The molecule has 216 valence electrons. The van der Waals surface area contributed by atoms with Crippen LogP contribution >= 0.6 is 11.6 Å². The largest absolute Gasteiger partial charge is 0.507 e. The minimum atomic E-state index is -1.41. The van der Waals surface area contributed by atoms with Gasteiger partial charge in [-0.1, -0.05) is 48.9 Å². The molecule has 11 heteroatoms. The number of hydrogen-bond acceptors (Lipinski definition) is 6. The van der Waals surface area contributed by atoms with Gasteiger partial charge in [0, 0.05) is 11.6 Å². The number of halogens is 1. The third-order valence-corrected chi connectivity index (χ3v) is 6.95. The number of nitrogens with one attached hydrogen (secondary N) is 2. The van der Waals surface area contributed by atoms with Gasteiger partial charge >= 0.3 is 6.09 Å². The first-order valence-corrected chi connectivity index (χ1v) is 13.4. The highest BCUT2D eigenvalue weighted by Crippen LogP contribution is 2.43. The fraction of sp³-hybridized carbons (Fsp3) is 0.448. The summed E-state index contributed by atoms with van der Waals surface area (Å²) < 4.78 is 5.30. The van der Waals surface area contributed by atoms with Crippen molar-refractivity contribution in [2.45, 2.75) is 78.1 Å². The second-order valence-electron chi connectivity index (χ2n) is 11.2. The summed E-state index contributed by atoms with van der Waals surface area (Å²) in [5, 5.41) is 16.6. The summed E-state index contributed by atoms with van der Waals surface area (Å²) in [6, 6.07) is 6.91. The molecule has 0 heterocycles. The summed E-state index contributed by atoms with van der Waals surface area (Å²) in [5.74, 6) is -2.31. The standard InChI is InChI=1S/C29H37ClN4O6/c1-15-9-8-12-19(30)23(15)33-26(37)24(18-11-7-10-16(2)25(18)36)34(21-13-17(21)3)27(38)20(14-22(31)35)32-28(39)40-29(4,5)6/h7-12,17,20-21,24,36H,13-14H2,1-6H3,(H2,31,35)(H,32,39)(H,33,37). The molecule has 1 fully saturated rings. The van der Waals surface area contributed by atoms with Gasteiger partial charge in [-0.25, -0.2) is 4.79 Å². The van der Waals surface area contributed by atoms with Crippen LogP contribution in [0.3, 0.4) is 0 Å². The number of primary amides is 1. The lowest BCUT2D eigenvalue weighted by Gasteiger charge is -2.35. The molecular weight excluding hydrogens is 536 g/mol. The number of nitrogens with two attached hydrogens (primary N) is 1. The molecule has 0 radical (unpaired) electrons. The van der Waals surface area contributed by atoms with Crippen molar-refractivity contribution in [3.8, 4) is 5.75 Å². The van der Waals surface area contributed by atoms with E-state index >= 15 is 0 Å². The molecule has 1 aliphatic carbocycles. The van der Waals surface area contributed by atoms with Crippen molar-refractivity contribution in [1.82, 2.24) is 10.2 Å². The summed E-state index contributed by atoms with van der Waals surface area (Å²) in [4.78, 5) is 54.1. The SMILES string of the molecule is Cc1cccc(C(C(=O)Nc2c(C)cccc2Cl)N(C(=O)C(CC(N)=O)NC(=O)OC(C)(C)C)C2CC2C)c1O. The lowest BCUT2D eigenvalue weighted by molar-refractivity contribution is -0.142. The first-order chi connectivity index (χ1) is 18.6. The Morgan fingerprint density at radius 2 is 1.73 bits per heavy atom. The van der Waals surface area contributed by atoms with Crippen LogP contribution < -0.4 is 16.4 Å². The Morgan fingerprint density at radius 1 is 1.12 bits per heavy atom. The summed E-state index contributed by atoms with van der Waals surface area (Å²) >= 11 is 6.38. The third kappa shape index (κ3) is 7.44. The van der Waals surface area contributed by atoms with Crippen LogP contribution in [-0.4, -0.2) is 51.5 Å². The number of amides is 4. The quantitative estimate of drug-likeness (QED) is 0.351. The summed E-state index contributed by atoms with van der Waals surface area (Å²) in [6.07, 6.45) is -0.863. The van der Waals surface area contributed by atoms with Gasteiger partial charge in [-0.3, -0.25) is 14.4 Å². The monoisotopic (exact) mass is 572 g/mol. The molecule has 4 atom stereocenters. The highest BCUT2D eigenvalue weighted by molar-refractivity contribution is 6.34. The number of benzene rings is 2. The lowest BCUT2D eigenvalue weighted by atomic mass is 9.98. The second kappa shape index (κ2) is 12.2. The smallest absolute Gasteiger partial charge is 0.408 e. The van der Waals surface area contributed by atoms with E-state index in [-0.39, 0.29) is 17.2 Å². The fourth-order valence-electron chi connectivity index (χ4n) is 4.50. The number of carbonyl (C=O) groups is 4. The van der Waals surface area contributed by atoms with Crippen LogP contribution in [0, 0.1) is 19.8 Å². The fourth-order valence-corrected chi connectivity index (χ4v) is 4.77. The van der Waals surface area contributed by atoms with E-state index in [4.69, 9.17) is 22.1 Å². The van der Waals surface area contributed by atoms with Gasteiger partial charge in [0.1, 0.15) is 23.4 Å². The van der Waals surface area contributed by atoms with Crippen LogP contribution in [0.5, 0.6) is 5.75 Å². The number of anilines is 1. The number of aromatic hydroxyl groups is 1. The predicted molar refractivity (Wildman–Crippen MR) is 152 cm³/mol. The molecule has 1 saturated carbocycles. The van der Waals surface area contributed by atoms with Crippen molar-refractivity contribution in [3.63, 3.8) is 0 Å². The van der Waals surface area contributed by atoms with Crippen molar-refractivity contribution in [3.05, 3.63) is 58.1 Å². The molecule has 2 aromatic rings. The highest BCUT2D eigenvalue weighted by Gasteiger charge is 2.49. The van der Waals surface area contributed by atoms with Gasteiger partial charge < -0.3 is 31.1 Å². The van der Waals surface area contributed by atoms with E-state index in [2.05, 4.69) is 10.6 Å². The van der Waals surface area contributed by atoms with Crippen molar-refractivity contribution >= 4 is 41.1 Å². The molecule has 40 heavy (non-hydrogen) atoms.